The third-order valence-electron chi connectivity index (χ3n) is 6.54. The summed E-state index contributed by atoms with van der Waals surface area (Å²) in [5.41, 5.74) is 6.86. The van der Waals surface area contributed by atoms with Gasteiger partial charge in [0.15, 0.2) is 6.17 Å². The number of H-pyrrole nitrogens is 1. The summed E-state index contributed by atoms with van der Waals surface area (Å²) in [6.45, 7) is 1.98. The van der Waals surface area contributed by atoms with E-state index in [4.69, 9.17) is 5.73 Å². The highest BCUT2D eigenvalue weighted by atomic mass is 32.1. The first-order chi connectivity index (χ1) is 13.9. The molecule has 4 N–H and O–H groups in total. The molecule has 3 atom stereocenters. The summed E-state index contributed by atoms with van der Waals surface area (Å²) in [6, 6.07) is 2.07. The van der Waals surface area contributed by atoms with Gasteiger partial charge in [-0.25, -0.2) is 9.18 Å². The van der Waals surface area contributed by atoms with E-state index in [9.17, 15) is 14.7 Å². The molecule has 2 aromatic heterocycles. The molecule has 0 spiro atoms. The van der Waals surface area contributed by atoms with Crippen LogP contribution in [-0.4, -0.2) is 27.4 Å². The maximum absolute atomic E-state index is 15.5. The molecule has 3 unspecified atom stereocenters. The third-order valence-corrected chi connectivity index (χ3v) is 7.86. The van der Waals surface area contributed by atoms with Gasteiger partial charge >= 0.3 is 5.69 Å². The molecule has 0 radical (unpaired) electrons. The summed E-state index contributed by atoms with van der Waals surface area (Å²) in [5, 5.41) is 10.1. The van der Waals surface area contributed by atoms with Gasteiger partial charge in [0.2, 0.25) is 0 Å². The summed E-state index contributed by atoms with van der Waals surface area (Å²) in [6.07, 6.45) is 2.84. The smallest absolute Gasteiger partial charge is 0.329 e. The summed E-state index contributed by atoms with van der Waals surface area (Å²) < 4.78 is 17.1. The molecule has 0 aromatic carbocycles. The van der Waals surface area contributed by atoms with Gasteiger partial charge in [0.05, 0.1) is 22.2 Å². The molecule has 29 heavy (non-hydrogen) atoms. The Hall–Kier alpha value is -2.19. The Morgan fingerprint density at radius 3 is 2.79 bits per heavy atom. The van der Waals surface area contributed by atoms with Crippen molar-refractivity contribution >= 4 is 22.6 Å². The number of rotatable bonds is 3. The number of aromatic amines is 1. The lowest BCUT2D eigenvalue weighted by Gasteiger charge is -2.26. The zero-order chi connectivity index (χ0) is 20.4. The van der Waals surface area contributed by atoms with Crippen LogP contribution in [0.25, 0.3) is 11.3 Å². The Balaban J connectivity index is 1.74. The molecule has 154 valence electrons. The molecule has 3 aliphatic rings. The lowest BCUT2D eigenvalue weighted by Crippen LogP contribution is -2.59. The fourth-order valence-corrected chi connectivity index (χ4v) is 6.26. The number of aliphatic hydroxyl groups is 1. The Bertz CT molecular complexity index is 1240. The Morgan fingerprint density at radius 2 is 2.10 bits per heavy atom. The molecule has 0 amide bonds. The standard InChI is InChI=1S/C21H24FN3O3S/c1-9-15(14-7-11-6-10(8-26)2-5-13(11)29-14)17(22)18(23)16-19(9)25(12-3-4-12)21(28)24-20(16)27/h7,10,12,15,17,26H,2-6,8,23H2,1H3,(H,24,27,28). The first-order valence-corrected chi connectivity index (χ1v) is 10.9. The highest BCUT2D eigenvalue weighted by Crippen LogP contribution is 2.42. The average molecular weight is 418 g/mol. The van der Waals surface area contributed by atoms with Gasteiger partial charge in [-0.1, -0.05) is 0 Å². The van der Waals surface area contributed by atoms with E-state index in [1.807, 2.05) is 13.0 Å². The number of aromatic nitrogens is 2. The highest BCUT2D eigenvalue weighted by Gasteiger charge is 2.37. The highest BCUT2D eigenvalue weighted by molar-refractivity contribution is 7.12. The number of aliphatic hydroxyl groups excluding tert-OH is 1. The van der Waals surface area contributed by atoms with Crippen LogP contribution in [0, 0.1) is 5.92 Å². The number of aryl methyl sites for hydroxylation is 1. The van der Waals surface area contributed by atoms with Crippen LogP contribution in [0.3, 0.4) is 0 Å². The number of fused-ring (bicyclic) bond motifs is 2. The van der Waals surface area contributed by atoms with Crippen LogP contribution in [0.1, 0.15) is 53.5 Å². The van der Waals surface area contributed by atoms with E-state index in [0.717, 1.165) is 37.0 Å². The predicted octanol–water partition coefficient (Wildman–Crippen LogP) is 0.403. The normalized spacial score (nSPS) is 26.4. The average Bonchev–Trinajstić information content (AvgIpc) is 3.43. The lowest BCUT2D eigenvalue weighted by molar-refractivity contribution is 0.214. The molecular weight excluding hydrogens is 393 g/mol. The maximum atomic E-state index is 15.5. The van der Waals surface area contributed by atoms with E-state index in [1.54, 1.807) is 15.9 Å². The molecule has 3 aliphatic carbocycles. The molecule has 6 nitrogen and oxygen atoms in total. The first kappa shape index (κ1) is 18.8. The van der Waals surface area contributed by atoms with Crippen molar-refractivity contribution in [1.29, 1.82) is 0 Å². The van der Waals surface area contributed by atoms with Crippen molar-refractivity contribution in [3.8, 4) is 0 Å². The van der Waals surface area contributed by atoms with Crippen LogP contribution in [0.2, 0.25) is 0 Å². The second-order valence-corrected chi connectivity index (χ2v) is 9.66. The van der Waals surface area contributed by atoms with E-state index in [0.29, 0.717) is 10.9 Å². The number of nitrogens with two attached hydrogens (primary N) is 1. The van der Waals surface area contributed by atoms with Crippen molar-refractivity contribution in [3.05, 3.63) is 52.8 Å². The number of nitrogens with one attached hydrogen (secondary N) is 1. The third kappa shape index (κ3) is 2.84. The van der Waals surface area contributed by atoms with Crippen molar-refractivity contribution < 1.29 is 9.50 Å². The van der Waals surface area contributed by atoms with Gasteiger partial charge in [0.1, 0.15) is 0 Å². The monoisotopic (exact) mass is 417 g/mol. The number of halogens is 1. The molecule has 2 heterocycles. The van der Waals surface area contributed by atoms with Gasteiger partial charge in [0, 0.05) is 22.4 Å². The van der Waals surface area contributed by atoms with Gasteiger partial charge in [0.25, 0.3) is 5.56 Å². The predicted molar refractivity (Wildman–Crippen MR) is 110 cm³/mol. The molecule has 8 heteroatoms. The van der Waals surface area contributed by atoms with Crippen molar-refractivity contribution in [2.45, 2.75) is 57.2 Å². The van der Waals surface area contributed by atoms with Gasteiger partial charge in [-0.05, 0) is 62.1 Å². The van der Waals surface area contributed by atoms with E-state index in [2.05, 4.69) is 4.98 Å². The van der Waals surface area contributed by atoms with Crippen LogP contribution in [0.5, 0.6) is 0 Å². The number of nitrogens with zero attached hydrogens (tertiary/aromatic N) is 1. The lowest BCUT2D eigenvalue weighted by atomic mass is 9.85. The zero-order valence-corrected chi connectivity index (χ0v) is 17.0. The van der Waals surface area contributed by atoms with Gasteiger partial charge in [-0.3, -0.25) is 14.3 Å². The SMILES string of the molecule is CC1=c2c(c(=O)[nH]c(=O)n2C2CC2)=C(N)C(F)C1c1cc2c(s1)CCC(CO)C2. The molecule has 1 saturated carbocycles. The quantitative estimate of drug-likeness (QED) is 0.673. The number of thiophene rings is 1. The minimum atomic E-state index is -1.51. The summed E-state index contributed by atoms with van der Waals surface area (Å²) >= 11 is 1.59. The van der Waals surface area contributed by atoms with Gasteiger partial charge in [-0.2, -0.15) is 0 Å². The Kier molecular flexibility index (Phi) is 4.33. The van der Waals surface area contributed by atoms with Crippen molar-refractivity contribution in [2.75, 3.05) is 6.61 Å². The summed E-state index contributed by atoms with van der Waals surface area (Å²) in [4.78, 5) is 29.4. The summed E-state index contributed by atoms with van der Waals surface area (Å²) in [5.74, 6) is -0.351. The molecule has 0 saturated heterocycles. The van der Waals surface area contributed by atoms with E-state index >= 15 is 4.39 Å². The van der Waals surface area contributed by atoms with Crippen LogP contribution < -0.4 is 27.6 Å². The topological polar surface area (TPSA) is 101 Å². The summed E-state index contributed by atoms with van der Waals surface area (Å²) in [7, 11) is 0. The molecule has 5 rings (SSSR count). The fraction of sp³-hybridized carbons (Fsp3) is 0.524. The largest absolute Gasteiger partial charge is 0.399 e. The molecule has 1 fully saturated rings. The van der Waals surface area contributed by atoms with Crippen molar-refractivity contribution in [1.82, 2.24) is 9.55 Å². The zero-order valence-electron chi connectivity index (χ0n) is 16.2. The molecule has 0 bridgehead atoms. The number of alkyl halides is 1. The van der Waals surface area contributed by atoms with E-state index < -0.39 is 23.3 Å². The van der Waals surface area contributed by atoms with Crippen LogP contribution >= 0.6 is 11.3 Å². The van der Waals surface area contributed by atoms with Gasteiger partial charge < -0.3 is 10.8 Å². The van der Waals surface area contributed by atoms with Crippen molar-refractivity contribution in [2.24, 2.45) is 11.7 Å². The Morgan fingerprint density at radius 1 is 1.34 bits per heavy atom. The van der Waals surface area contributed by atoms with Crippen molar-refractivity contribution in [3.63, 3.8) is 0 Å². The molecule has 2 aromatic rings. The number of hydrogen-bond donors (Lipinski definition) is 3. The second-order valence-electron chi connectivity index (χ2n) is 8.49. The van der Waals surface area contributed by atoms with Gasteiger partial charge in [-0.15, -0.1) is 11.3 Å². The van der Waals surface area contributed by atoms with Crippen LogP contribution in [0.15, 0.2) is 15.7 Å². The van der Waals surface area contributed by atoms with E-state index in [1.165, 1.54) is 10.4 Å². The minimum Gasteiger partial charge on any atom is -0.399 e. The Labute approximate surface area is 170 Å². The van der Waals surface area contributed by atoms with E-state index in [-0.39, 0.29) is 29.5 Å². The molecule has 0 aliphatic heterocycles. The van der Waals surface area contributed by atoms with Crippen LogP contribution in [-0.2, 0) is 12.8 Å². The first-order valence-electron chi connectivity index (χ1n) is 10.1. The fourth-order valence-electron chi connectivity index (χ4n) is 4.86. The number of hydrogen-bond acceptors (Lipinski definition) is 5. The maximum Gasteiger partial charge on any atom is 0.329 e. The van der Waals surface area contributed by atoms with Crippen LogP contribution in [0.4, 0.5) is 4.39 Å². The minimum absolute atomic E-state index is 0.0366. The molecular formula is C21H24FN3O3S. The second kappa shape index (κ2) is 6.67.